The average Bonchev–Trinajstić information content (AvgIpc) is 2.44. The lowest BCUT2D eigenvalue weighted by atomic mass is 10.00. The van der Waals surface area contributed by atoms with Crippen molar-refractivity contribution in [3.8, 4) is 0 Å². The molecule has 0 aliphatic carbocycles. The summed E-state index contributed by atoms with van der Waals surface area (Å²) in [6.07, 6.45) is -0.102. The van der Waals surface area contributed by atoms with E-state index in [9.17, 15) is 20.0 Å². The minimum Gasteiger partial charge on any atom is -0.461 e. The summed E-state index contributed by atoms with van der Waals surface area (Å²) in [6.45, 7) is 1.44. The third kappa shape index (κ3) is 4.42. The highest BCUT2D eigenvalue weighted by Crippen LogP contribution is 2.20. The third-order valence-corrected chi connectivity index (χ3v) is 3.10. The van der Waals surface area contributed by atoms with Crippen molar-refractivity contribution in [3.05, 3.63) is 39.4 Å². The molecule has 0 saturated carbocycles. The maximum absolute atomic E-state index is 11.6. The van der Waals surface area contributed by atoms with Gasteiger partial charge in [0.05, 0.1) is 19.6 Å². The smallest absolute Gasteiger partial charge is 0.382 e. The van der Waals surface area contributed by atoms with Crippen LogP contribution in [0.5, 0.6) is 0 Å². The van der Waals surface area contributed by atoms with Gasteiger partial charge in [-0.1, -0.05) is 6.07 Å². The van der Waals surface area contributed by atoms with Crippen molar-refractivity contribution in [1.29, 1.82) is 0 Å². The molecule has 1 rings (SSSR count). The molecule has 7 nitrogen and oxygen atoms in total. The standard InChI is InChI=1S/C14H20N2O5/c1-4-21-14(18)13(16(19)20)8-10-5-6-12(15(2)3)7-11(10)9-17/h5-7,13,17H,4,8-9H2,1-3H3. The van der Waals surface area contributed by atoms with Crippen molar-refractivity contribution in [2.24, 2.45) is 0 Å². The summed E-state index contributed by atoms with van der Waals surface area (Å²) in [5.41, 5.74) is 2.01. The zero-order valence-electron chi connectivity index (χ0n) is 12.4. The molecule has 0 aliphatic heterocycles. The van der Waals surface area contributed by atoms with Crippen LogP contribution in [0.4, 0.5) is 5.69 Å². The van der Waals surface area contributed by atoms with E-state index in [0.29, 0.717) is 11.1 Å². The number of aliphatic hydroxyl groups excluding tert-OH is 1. The first-order valence-electron chi connectivity index (χ1n) is 6.60. The number of benzene rings is 1. The second-order valence-corrected chi connectivity index (χ2v) is 4.76. The van der Waals surface area contributed by atoms with Gasteiger partial charge >= 0.3 is 12.0 Å². The van der Waals surface area contributed by atoms with Crippen LogP contribution in [0, 0.1) is 10.1 Å². The molecule has 0 aromatic heterocycles. The summed E-state index contributed by atoms with van der Waals surface area (Å²) in [6, 6.07) is 3.77. The van der Waals surface area contributed by atoms with Gasteiger partial charge in [-0.2, -0.15) is 0 Å². The Hall–Kier alpha value is -2.15. The fourth-order valence-corrected chi connectivity index (χ4v) is 1.93. The average molecular weight is 296 g/mol. The van der Waals surface area contributed by atoms with Gasteiger partial charge in [0.1, 0.15) is 0 Å². The topological polar surface area (TPSA) is 92.9 Å². The number of ether oxygens (including phenoxy) is 1. The molecule has 116 valence electrons. The number of hydrogen-bond donors (Lipinski definition) is 1. The molecule has 0 aliphatic rings. The van der Waals surface area contributed by atoms with Gasteiger partial charge in [-0.25, -0.2) is 4.79 Å². The first kappa shape index (κ1) is 16.9. The number of nitrogens with zero attached hydrogens (tertiary/aromatic N) is 2. The number of aliphatic hydroxyl groups is 1. The molecule has 0 spiro atoms. The maximum Gasteiger partial charge on any atom is 0.382 e. The normalized spacial score (nSPS) is 11.8. The van der Waals surface area contributed by atoms with Crippen LogP contribution >= 0.6 is 0 Å². The van der Waals surface area contributed by atoms with E-state index in [1.54, 1.807) is 25.1 Å². The number of hydrogen-bond acceptors (Lipinski definition) is 6. The highest BCUT2D eigenvalue weighted by molar-refractivity contribution is 5.75. The lowest BCUT2D eigenvalue weighted by Gasteiger charge is -2.16. The number of anilines is 1. The second-order valence-electron chi connectivity index (χ2n) is 4.76. The van der Waals surface area contributed by atoms with E-state index in [4.69, 9.17) is 4.74 Å². The molecule has 0 radical (unpaired) electrons. The lowest BCUT2D eigenvalue weighted by Crippen LogP contribution is -2.33. The monoisotopic (exact) mass is 296 g/mol. The minimum atomic E-state index is -1.46. The fourth-order valence-electron chi connectivity index (χ4n) is 1.93. The molecule has 1 unspecified atom stereocenters. The zero-order chi connectivity index (χ0) is 16.0. The first-order valence-corrected chi connectivity index (χ1v) is 6.60. The van der Waals surface area contributed by atoms with Gasteiger partial charge in [-0.05, 0) is 30.2 Å². The largest absolute Gasteiger partial charge is 0.461 e. The van der Waals surface area contributed by atoms with Crippen LogP contribution in [0.25, 0.3) is 0 Å². The summed E-state index contributed by atoms with van der Waals surface area (Å²) in [7, 11) is 3.71. The van der Waals surface area contributed by atoms with Crippen molar-refractivity contribution in [2.75, 3.05) is 25.6 Å². The van der Waals surface area contributed by atoms with Gasteiger partial charge in [0.25, 0.3) is 0 Å². The van der Waals surface area contributed by atoms with Crippen molar-refractivity contribution in [1.82, 2.24) is 0 Å². The summed E-state index contributed by atoms with van der Waals surface area (Å²) in [4.78, 5) is 23.9. The summed E-state index contributed by atoms with van der Waals surface area (Å²) < 4.78 is 4.72. The molecule has 1 N–H and O–H groups in total. The van der Waals surface area contributed by atoms with Crippen LogP contribution in [0.1, 0.15) is 18.1 Å². The number of carbonyl (C=O) groups excluding carboxylic acids is 1. The van der Waals surface area contributed by atoms with E-state index in [1.165, 1.54) is 0 Å². The van der Waals surface area contributed by atoms with Gasteiger partial charge in [-0.3, -0.25) is 10.1 Å². The number of rotatable bonds is 7. The Balaban J connectivity index is 3.03. The Bertz CT molecular complexity index is 516. The van der Waals surface area contributed by atoms with Crippen LogP contribution in [0.2, 0.25) is 0 Å². The second kappa shape index (κ2) is 7.58. The molecule has 0 heterocycles. The van der Waals surface area contributed by atoms with E-state index < -0.39 is 16.9 Å². The predicted octanol–water partition coefficient (Wildman–Crippen LogP) is 0.996. The predicted molar refractivity (Wildman–Crippen MR) is 77.8 cm³/mol. The minimum absolute atomic E-state index is 0.0929. The van der Waals surface area contributed by atoms with Crippen molar-refractivity contribution in [3.63, 3.8) is 0 Å². The van der Waals surface area contributed by atoms with Gasteiger partial charge in [0.15, 0.2) is 0 Å². The molecule has 1 atom stereocenters. The van der Waals surface area contributed by atoms with Crippen molar-refractivity contribution >= 4 is 11.7 Å². The third-order valence-electron chi connectivity index (χ3n) is 3.10. The molecule has 1 aromatic carbocycles. The van der Waals surface area contributed by atoms with E-state index in [0.717, 1.165) is 5.69 Å². The Morgan fingerprint density at radius 2 is 2.10 bits per heavy atom. The van der Waals surface area contributed by atoms with Crippen LogP contribution in [0.3, 0.4) is 0 Å². The van der Waals surface area contributed by atoms with Crippen LogP contribution in [0.15, 0.2) is 18.2 Å². The fraction of sp³-hybridized carbons (Fsp3) is 0.500. The SMILES string of the molecule is CCOC(=O)C(Cc1ccc(N(C)C)cc1CO)[N+](=O)[O-]. The van der Waals surface area contributed by atoms with E-state index in [1.807, 2.05) is 19.0 Å². The van der Waals surface area contributed by atoms with Gasteiger partial charge < -0.3 is 14.7 Å². The van der Waals surface area contributed by atoms with E-state index >= 15 is 0 Å². The number of esters is 1. The maximum atomic E-state index is 11.6. The molecule has 0 amide bonds. The molecule has 0 bridgehead atoms. The van der Waals surface area contributed by atoms with E-state index in [-0.39, 0.29) is 19.6 Å². The van der Waals surface area contributed by atoms with Crippen LogP contribution < -0.4 is 4.90 Å². The van der Waals surface area contributed by atoms with E-state index in [2.05, 4.69) is 0 Å². The summed E-state index contributed by atoms with van der Waals surface area (Å²) in [5, 5.41) is 20.4. The molecule has 1 aromatic rings. The number of nitro groups is 1. The highest BCUT2D eigenvalue weighted by Gasteiger charge is 2.32. The molecular weight excluding hydrogens is 276 g/mol. The quantitative estimate of drug-likeness (QED) is 0.458. The molecule has 0 saturated heterocycles. The Morgan fingerprint density at radius 3 is 2.57 bits per heavy atom. The van der Waals surface area contributed by atoms with Crippen molar-refractivity contribution in [2.45, 2.75) is 26.0 Å². The molecule has 0 fully saturated rings. The number of carbonyl (C=O) groups is 1. The Labute approximate surface area is 123 Å². The van der Waals surface area contributed by atoms with Gasteiger partial charge in [0, 0.05) is 24.7 Å². The molecule has 21 heavy (non-hydrogen) atoms. The Kier molecular flexibility index (Phi) is 6.10. The van der Waals surface area contributed by atoms with Crippen molar-refractivity contribution < 1.29 is 19.6 Å². The lowest BCUT2D eigenvalue weighted by molar-refractivity contribution is -0.510. The molecule has 7 heteroatoms. The Morgan fingerprint density at radius 1 is 1.43 bits per heavy atom. The first-order chi connectivity index (χ1) is 9.90. The van der Waals surface area contributed by atoms with Crippen LogP contribution in [-0.2, 0) is 22.6 Å². The van der Waals surface area contributed by atoms with Crippen LogP contribution in [-0.4, -0.2) is 42.7 Å². The molecular formula is C14H20N2O5. The highest BCUT2D eigenvalue weighted by atomic mass is 16.6. The van der Waals surface area contributed by atoms with Gasteiger partial charge in [0.2, 0.25) is 0 Å². The summed E-state index contributed by atoms with van der Waals surface area (Å²) in [5.74, 6) is -0.858. The summed E-state index contributed by atoms with van der Waals surface area (Å²) >= 11 is 0. The van der Waals surface area contributed by atoms with Gasteiger partial charge in [-0.15, -0.1) is 0 Å². The zero-order valence-corrected chi connectivity index (χ0v) is 12.4.